The van der Waals surface area contributed by atoms with E-state index in [1.54, 1.807) is 0 Å². The van der Waals surface area contributed by atoms with Crippen molar-refractivity contribution in [3.05, 3.63) is 23.2 Å². The summed E-state index contributed by atoms with van der Waals surface area (Å²) in [5.74, 6) is 0. The predicted octanol–water partition coefficient (Wildman–Crippen LogP) is 4.08. The Morgan fingerprint density at radius 1 is 1.41 bits per heavy atom. The van der Waals surface area contributed by atoms with Gasteiger partial charge in [0.2, 0.25) is 0 Å². The van der Waals surface area contributed by atoms with E-state index in [2.05, 4.69) is 17.9 Å². The minimum atomic E-state index is 0.634. The SMILES string of the molecule is CCCC1CCCCN1c1cccc(Cl)c1N. The molecule has 0 spiro atoms. The van der Waals surface area contributed by atoms with Crippen LogP contribution < -0.4 is 10.6 Å². The molecule has 1 fully saturated rings. The van der Waals surface area contributed by atoms with Crippen molar-refractivity contribution in [1.82, 2.24) is 0 Å². The summed E-state index contributed by atoms with van der Waals surface area (Å²) in [5.41, 5.74) is 7.95. The number of nitrogen functional groups attached to an aromatic ring is 1. The van der Waals surface area contributed by atoms with Crippen LogP contribution in [0.5, 0.6) is 0 Å². The first kappa shape index (κ1) is 12.6. The summed E-state index contributed by atoms with van der Waals surface area (Å²) in [6.07, 6.45) is 6.33. The van der Waals surface area contributed by atoms with Crippen molar-refractivity contribution < 1.29 is 0 Å². The minimum Gasteiger partial charge on any atom is -0.396 e. The normalized spacial score (nSPS) is 20.6. The number of rotatable bonds is 3. The summed E-state index contributed by atoms with van der Waals surface area (Å²) >= 11 is 6.11. The number of nitrogens with zero attached hydrogens (tertiary/aromatic N) is 1. The third-order valence-corrected chi connectivity index (χ3v) is 3.92. The van der Waals surface area contributed by atoms with Crippen molar-refractivity contribution >= 4 is 23.0 Å². The van der Waals surface area contributed by atoms with E-state index in [0.717, 1.165) is 17.9 Å². The molecule has 2 nitrogen and oxygen atoms in total. The first-order valence-electron chi connectivity index (χ1n) is 6.54. The molecule has 0 bridgehead atoms. The smallest absolute Gasteiger partial charge is 0.0741 e. The average molecular weight is 253 g/mol. The van der Waals surface area contributed by atoms with Crippen molar-refractivity contribution in [3.8, 4) is 0 Å². The number of benzene rings is 1. The standard InChI is InChI=1S/C14H21ClN2/c1-2-6-11-7-3-4-10-17(11)13-9-5-8-12(15)14(13)16/h5,8-9,11H,2-4,6-7,10,16H2,1H3. The van der Waals surface area contributed by atoms with Crippen LogP contribution in [0.3, 0.4) is 0 Å². The molecular weight excluding hydrogens is 232 g/mol. The predicted molar refractivity (Wildman–Crippen MR) is 75.8 cm³/mol. The molecule has 0 amide bonds. The van der Waals surface area contributed by atoms with Gasteiger partial charge < -0.3 is 10.6 Å². The van der Waals surface area contributed by atoms with Crippen molar-refractivity contribution in [3.63, 3.8) is 0 Å². The van der Waals surface area contributed by atoms with Gasteiger partial charge in [-0.15, -0.1) is 0 Å². The van der Waals surface area contributed by atoms with Crippen LogP contribution in [0, 0.1) is 0 Å². The maximum Gasteiger partial charge on any atom is 0.0741 e. The molecule has 0 saturated carbocycles. The zero-order valence-electron chi connectivity index (χ0n) is 10.5. The molecule has 1 heterocycles. The molecule has 94 valence electrons. The van der Waals surface area contributed by atoms with Crippen LogP contribution in [0.2, 0.25) is 5.02 Å². The van der Waals surface area contributed by atoms with Crippen molar-refractivity contribution in [2.75, 3.05) is 17.2 Å². The van der Waals surface area contributed by atoms with Crippen LogP contribution >= 0.6 is 11.6 Å². The van der Waals surface area contributed by atoms with Gasteiger partial charge in [-0.3, -0.25) is 0 Å². The van der Waals surface area contributed by atoms with Gasteiger partial charge in [0, 0.05) is 12.6 Å². The van der Waals surface area contributed by atoms with Crippen LogP contribution in [0.4, 0.5) is 11.4 Å². The lowest BCUT2D eigenvalue weighted by Crippen LogP contribution is -2.39. The summed E-state index contributed by atoms with van der Waals surface area (Å²) in [6.45, 7) is 3.35. The van der Waals surface area contributed by atoms with E-state index in [-0.39, 0.29) is 0 Å². The number of nitrogens with two attached hydrogens (primary N) is 1. The van der Waals surface area contributed by atoms with Gasteiger partial charge in [0.15, 0.2) is 0 Å². The van der Waals surface area contributed by atoms with Crippen molar-refractivity contribution in [1.29, 1.82) is 0 Å². The molecule has 17 heavy (non-hydrogen) atoms. The number of hydrogen-bond acceptors (Lipinski definition) is 2. The zero-order valence-corrected chi connectivity index (χ0v) is 11.2. The molecule has 2 rings (SSSR count). The Morgan fingerprint density at radius 3 is 3.00 bits per heavy atom. The molecule has 1 atom stereocenters. The maximum absolute atomic E-state index is 6.11. The first-order chi connectivity index (χ1) is 8.24. The van der Waals surface area contributed by atoms with Crippen LogP contribution in [-0.2, 0) is 0 Å². The first-order valence-corrected chi connectivity index (χ1v) is 6.92. The van der Waals surface area contributed by atoms with Crippen LogP contribution in [0.25, 0.3) is 0 Å². The van der Waals surface area contributed by atoms with Gasteiger partial charge in [-0.25, -0.2) is 0 Å². The Bertz CT molecular complexity index is 376. The van der Waals surface area contributed by atoms with Crippen LogP contribution in [0.15, 0.2) is 18.2 Å². The molecule has 1 aromatic rings. The molecule has 0 aliphatic carbocycles. The zero-order chi connectivity index (χ0) is 12.3. The number of piperidine rings is 1. The topological polar surface area (TPSA) is 29.3 Å². The molecule has 3 heteroatoms. The van der Waals surface area contributed by atoms with E-state index < -0.39 is 0 Å². The van der Waals surface area contributed by atoms with E-state index >= 15 is 0 Å². The minimum absolute atomic E-state index is 0.634. The molecule has 0 aromatic heterocycles. The second kappa shape index (κ2) is 5.63. The summed E-state index contributed by atoms with van der Waals surface area (Å²) < 4.78 is 0. The van der Waals surface area contributed by atoms with E-state index in [9.17, 15) is 0 Å². The number of halogens is 1. The maximum atomic E-state index is 6.11. The van der Waals surface area contributed by atoms with Gasteiger partial charge >= 0.3 is 0 Å². The number of para-hydroxylation sites is 1. The van der Waals surface area contributed by atoms with Crippen molar-refractivity contribution in [2.45, 2.75) is 45.1 Å². The van der Waals surface area contributed by atoms with E-state index in [1.807, 2.05) is 12.1 Å². The number of anilines is 2. The van der Waals surface area contributed by atoms with E-state index in [1.165, 1.54) is 32.1 Å². The largest absolute Gasteiger partial charge is 0.396 e. The van der Waals surface area contributed by atoms with Crippen LogP contribution in [-0.4, -0.2) is 12.6 Å². The fourth-order valence-electron chi connectivity index (χ4n) is 2.73. The molecule has 1 aliphatic rings. The lowest BCUT2D eigenvalue weighted by molar-refractivity contribution is 0.435. The monoisotopic (exact) mass is 252 g/mol. The molecule has 1 aromatic carbocycles. The highest BCUT2D eigenvalue weighted by atomic mass is 35.5. The highest BCUT2D eigenvalue weighted by molar-refractivity contribution is 6.33. The summed E-state index contributed by atoms with van der Waals surface area (Å²) in [7, 11) is 0. The Balaban J connectivity index is 2.26. The Kier molecular flexibility index (Phi) is 4.16. The second-order valence-corrected chi connectivity index (χ2v) is 5.21. The average Bonchev–Trinajstić information content (AvgIpc) is 2.34. The molecule has 2 N–H and O–H groups in total. The van der Waals surface area contributed by atoms with E-state index in [0.29, 0.717) is 11.1 Å². The third kappa shape index (κ3) is 2.68. The fraction of sp³-hybridized carbons (Fsp3) is 0.571. The highest BCUT2D eigenvalue weighted by Crippen LogP contribution is 2.34. The Hall–Kier alpha value is -0.890. The van der Waals surface area contributed by atoms with Gasteiger partial charge in [-0.2, -0.15) is 0 Å². The molecule has 1 unspecified atom stereocenters. The number of hydrogen-bond donors (Lipinski definition) is 1. The molecule has 1 aliphatic heterocycles. The molecular formula is C14H21ClN2. The molecule has 0 radical (unpaired) electrons. The van der Waals surface area contributed by atoms with Gasteiger partial charge in [-0.05, 0) is 37.8 Å². The Morgan fingerprint density at radius 2 is 2.24 bits per heavy atom. The van der Waals surface area contributed by atoms with Gasteiger partial charge in [0.1, 0.15) is 0 Å². The van der Waals surface area contributed by atoms with E-state index in [4.69, 9.17) is 17.3 Å². The van der Waals surface area contributed by atoms with Crippen LogP contribution in [0.1, 0.15) is 39.0 Å². The summed E-state index contributed by atoms with van der Waals surface area (Å²) in [5, 5.41) is 0.670. The third-order valence-electron chi connectivity index (χ3n) is 3.59. The summed E-state index contributed by atoms with van der Waals surface area (Å²) in [4.78, 5) is 2.45. The quantitative estimate of drug-likeness (QED) is 0.822. The second-order valence-electron chi connectivity index (χ2n) is 4.80. The highest BCUT2D eigenvalue weighted by Gasteiger charge is 2.23. The lowest BCUT2D eigenvalue weighted by atomic mass is 9.97. The molecule has 1 saturated heterocycles. The lowest BCUT2D eigenvalue weighted by Gasteiger charge is -2.38. The fourth-order valence-corrected chi connectivity index (χ4v) is 2.90. The Labute approximate surface area is 109 Å². The van der Waals surface area contributed by atoms with Crippen molar-refractivity contribution in [2.24, 2.45) is 0 Å². The van der Waals surface area contributed by atoms with Gasteiger partial charge in [0.05, 0.1) is 16.4 Å². The van der Waals surface area contributed by atoms with Gasteiger partial charge in [-0.1, -0.05) is 31.0 Å². The summed E-state index contributed by atoms with van der Waals surface area (Å²) in [6, 6.07) is 6.58. The van der Waals surface area contributed by atoms with Gasteiger partial charge in [0.25, 0.3) is 0 Å².